The van der Waals surface area contributed by atoms with Crippen LogP contribution in [-0.2, 0) is 9.59 Å². The van der Waals surface area contributed by atoms with Crippen molar-refractivity contribution in [2.75, 3.05) is 14.2 Å². The highest BCUT2D eigenvalue weighted by atomic mass is 16.5. The van der Waals surface area contributed by atoms with Gasteiger partial charge in [-0.05, 0) is 48.2 Å². The number of nitrogens with zero attached hydrogens (tertiary/aromatic N) is 2. The molecule has 7 heteroatoms. The lowest BCUT2D eigenvalue weighted by atomic mass is 9.83. The average Bonchev–Trinajstić information content (AvgIpc) is 3.40. The largest absolute Gasteiger partial charge is 0.497 e. The molecular formula is C29H30N2O5. The molecule has 0 aromatic heterocycles. The molecule has 1 saturated carbocycles. The average molecular weight is 487 g/mol. The number of hydrogen-bond donors (Lipinski definition) is 0. The molecule has 2 aromatic rings. The summed E-state index contributed by atoms with van der Waals surface area (Å²) in [5.74, 6) is -0.980. The zero-order chi connectivity index (χ0) is 25.0. The molecule has 4 aliphatic rings. The molecule has 36 heavy (non-hydrogen) atoms. The van der Waals surface area contributed by atoms with Crippen LogP contribution >= 0.6 is 0 Å². The second-order valence-corrected chi connectivity index (χ2v) is 10.1. The summed E-state index contributed by atoms with van der Waals surface area (Å²) in [5.41, 5.74) is 2.35. The number of imide groups is 1. The Balaban J connectivity index is 1.48. The first-order valence-electron chi connectivity index (χ1n) is 12.7. The van der Waals surface area contributed by atoms with Crippen LogP contribution in [0.2, 0.25) is 0 Å². The van der Waals surface area contributed by atoms with Crippen molar-refractivity contribution in [1.29, 1.82) is 0 Å². The molecule has 1 aliphatic carbocycles. The fourth-order valence-electron chi connectivity index (χ4n) is 6.75. The fourth-order valence-corrected chi connectivity index (χ4v) is 6.75. The molecule has 186 valence electrons. The number of amides is 2. The van der Waals surface area contributed by atoms with Crippen LogP contribution in [0.3, 0.4) is 0 Å². The van der Waals surface area contributed by atoms with Crippen molar-refractivity contribution >= 4 is 23.7 Å². The molecule has 0 N–H and O–H groups in total. The van der Waals surface area contributed by atoms with Crippen molar-refractivity contribution in [3.8, 4) is 11.5 Å². The first-order chi connectivity index (χ1) is 17.5. The SMILES string of the molecule is COc1ccc(OC)c(C(=O)[C@@H]2[C@@H]3C(=O)N(C4CCCCC4)C(=O)[C@@H]3C3c4ccccc4C=CN32)c1. The molecule has 7 nitrogen and oxygen atoms in total. The third kappa shape index (κ3) is 3.29. The molecule has 2 amide bonds. The number of Topliss-reactive ketones (excluding diaryl/α,β-unsaturated/α-hetero) is 1. The second kappa shape index (κ2) is 8.80. The van der Waals surface area contributed by atoms with Crippen molar-refractivity contribution in [2.24, 2.45) is 11.8 Å². The second-order valence-electron chi connectivity index (χ2n) is 10.1. The summed E-state index contributed by atoms with van der Waals surface area (Å²) >= 11 is 0. The first kappa shape index (κ1) is 22.8. The van der Waals surface area contributed by atoms with Gasteiger partial charge in [-0.1, -0.05) is 43.5 Å². The third-order valence-corrected chi connectivity index (χ3v) is 8.38. The Morgan fingerprint density at radius 3 is 2.42 bits per heavy atom. The van der Waals surface area contributed by atoms with Gasteiger partial charge in [0.15, 0.2) is 5.78 Å². The Morgan fingerprint density at radius 2 is 1.67 bits per heavy atom. The number of fused-ring (bicyclic) bond motifs is 5. The molecule has 1 unspecified atom stereocenters. The molecule has 0 radical (unpaired) electrons. The van der Waals surface area contributed by atoms with Crippen LogP contribution in [0.4, 0.5) is 0 Å². The minimum absolute atomic E-state index is 0.0747. The molecule has 3 fully saturated rings. The van der Waals surface area contributed by atoms with Crippen LogP contribution in [0.25, 0.3) is 6.08 Å². The van der Waals surface area contributed by atoms with E-state index in [1.54, 1.807) is 25.3 Å². The van der Waals surface area contributed by atoms with Crippen molar-refractivity contribution < 1.29 is 23.9 Å². The quantitative estimate of drug-likeness (QED) is 0.465. The monoisotopic (exact) mass is 486 g/mol. The fraction of sp³-hybridized carbons (Fsp3) is 0.414. The Bertz CT molecular complexity index is 1260. The Labute approximate surface area is 210 Å². The Kier molecular flexibility index (Phi) is 5.58. The van der Waals surface area contributed by atoms with Crippen molar-refractivity contribution in [2.45, 2.75) is 50.2 Å². The zero-order valence-electron chi connectivity index (χ0n) is 20.6. The highest BCUT2D eigenvalue weighted by molar-refractivity contribution is 6.13. The molecular weight excluding hydrogens is 456 g/mol. The van der Waals surface area contributed by atoms with Gasteiger partial charge in [-0.25, -0.2) is 0 Å². The van der Waals surface area contributed by atoms with E-state index in [1.165, 1.54) is 12.0 Å². The standard InChI is InChI=1S/C29H30N2O5/c1-35-19-12-13-22(36-2)21(16-19)27(32)26-24-23(25-20-11-7-6-8-17(20)14-15-30(25)26)28(33)31(29(24)34)18-9-4-3-5-10-18/h6-8,11-16,18,23-26H,3-5,9-10H2,1-2H3/t23-,24+,25?,26-/m0/s1. The summed E-state index contributed by atoms with van der Waals surface area (Å²) in [6, 6.07) is 11.8. The Morgan fingerprint density at radius 1 is 0.917 bits per heavy atom. The summed E-state index contributed by atoms with van der Waals surface area (Å²) in [6.45, 7) is 0. The lowest BCUT2D eigenvalue weighted by molar-refractivity contribution is -0.144. The number of carbonyl (C=O) groups excluding carboxylic acids is 3. The number of carbonyl (C=O) groups is 3. The maximum atomic E-state index is 14.2. The van der Waals surface area contributed by atoms with E-state index in [4.69, 9.17) is 9.47 Å². The van der Waals surface area contributed by atoms with E-state index in [9.17, 15) is 14.4 Å². The van der Waals surface area contributed by atoms with E-state index in [1.807, 2.05) is 41.4 Å². The predicted molar refractivity (Wildman–Crippen MR) is 133 cm³/mol. The third-order valence-electron chi connectivity index (χ3n) is 8.38. The van der Waals surface area contributed by atoms with Crippen LogP contribution in [0.15, 0.2) is 48.7 Å². The van der Waals surface area contributed by atoms with Crippen molar-refractivity contribution in [1.82, 2.24) is 9.80 Å². The van der Waals surface area contributed by atoms with Gasteiger partial charge < -0.3 is 14.4 Å². The number of hydrogen-bond acceptors (Lipinski definition) is 6. The molecule has 2 aromatic carbocycles. The minimum Gasteiger partial charge on any atom is -0.497 e. The van der Waals surface area contributed by atoms with Crippen LogP contribution in [0.5, 0.6) is 11.5 Å². The van der Waals surface area contributed by atoms with Gasteiger partial charge in [0.2, 0.25) is 11.8 Å². The maximum Gasteiger partial charge on any atom is 0.236 e. The highest BCUT2D eigenvalue weighted by Gasteiger charge is 2.65. The number of methoxy groups -OCH3 is 2. The summed E-state index contributed by atoms with van der Waals surface area (Å²) < 4.78 is 10.9. The van der Waals surface area contributed by atoms with E-state index in [-0.39, 0.29) is 29.7 Å². The van der Waals surface area contributed by atoms with E-state index in [0.717, 1.165) is 43.2 Å². The van der Waals surface area contributed by atoms with Gasteiger partial charge in [0.1, 0.15) is 17.5 Å². The summed E-state index contributed by atoms with van der Waals surface area (Å²) in [6.07, 6.45) is 8.68. The van der Waals surface area contributed by atoms with Gasteiger partial charge >= 0.3 is 0 Å². The van der Waals surface area contributed by atoms with Gasteiger partial charge in [-0.2, -0.15) is 0 Å². The summed E-state index contributed by atoms with van der Waals surface area (Å²) in [7, 11) is 3.06. The van der Waals surface area contributed by atoms with Gasteiger partial charge in [0, 0.05) is 12.2 Å². The zero-order valence-corrected chi connectivity index (χ0v) is 20.6. The van der Waals surface area contributed by atoms with Gasteiger partial charge in [0.05, 0.1) is 37.7 Å². The number of rotatable bonds is 5. The molecule has 0 bridgehead atoms. The number of benzene rings is 2. The summed E-state index contributed by atoms with van der Waals surface area (Å²) in [5, 5.41) is 0. The normalized spacial score (nSPS) is 27.1. The van der Waals surface area contributed by atoms with Crippen LogP contribution < -0.4 is 9.47 Å². The predicted octanol–water partition coefficient (Wildman–Crippen LogP) is 4.23. The summed E-state index contributed by atoms with van der Waals surface area (Å²) in [4.78, 5) is 45.7. The maximum absolute atomic E-state index is 14.2. The van der Waals surface area contributed by atoms with Crippen LogP contribution in [0.1, 0.15) is 59.6 Å². The smallest absolute Gasteiger partial charge is 0.236 e. The molecule has 2 saturated heterocycles. The number of ether oxygens (including phenoxy) is 2. The van der Waals surface area contributed by atoms with E-state index in [0.29, 0.717) is 17.1 Å². The molecule has 3 heterocycles. The topological polar surface area (TPSA) is 76.1 Å². The Hall–Kier alpha value is -3.61. The minimum atomic E-state index is -0.810. The first-order valence-corrected chi connectivity index (χ1v) is 12.7. The molecule has 3 aliphatic heterocycles. The van der Waals surface area contributed by atoms with Gasteiger partial charge in [-0.3, -0.25) is 19.3 Å². The molecule has 0 spiro atoms. The molecule has 6 rings (SSSR count). The highest BCUT2D eigenvalue weighted by Crippen LogP contribution is 2.54. The van der Waals surface area contributed by atoms with Gasteiger partial charge in [0.25, 0.3) is 0 Å². The van der Waals surface area contributed by atoms with E-state index < -0.39 is 17.9 Å². The lowest BCUT2D eigenvalue weighted by Gasteiger charge is -2.37. The van der Waals surface area contributed by atoms with E-state index in [2.05, 4.69) is 0 Å². The van der Waals surface area contributed by atoms with Gasteiger partial charge in [-0.15, -0.1) is 0 Å². The van der Waals surface area contributed by atoms with Crippen LogP contribution in [0, 0.1) is 11.8 Å². The number of likely N-dealkylation sites (tertiary alicyclic amines) is 1. The van der Waals surface area contributed by atoms with Crippen molar-refractivity contribution in [3.05, 3.63) is 65.4 Å². The van der Waals surface area contributed by atoms with Crippen LogP contribution in [-0.4, -0.2) is 53.7 Å². The number of ketones is 1. The van der Waals surface area contributed by atoms with Crippen molar-refractivity contribution in [3.63, 3.8) is 0 Å². The lowest BCUT2D eigenvalue weighted by Crippen LogP contribution is -2.47. The molecule has 4 atom stereocenters. The van der Waals surface area contributed by atoms with E-state index >= 15 is 0 Å².